The molecule has 0 fully saturated rings. The van der Waals surface area contributed by atoms with Crippen LogP contribution in [0.3, 0.4) is 0 Å². The molecule has 108 valence electrons. The molecule has 3 N–H and O–H groups in total. The fraction of sp³-hybridized carbons (Fsp3) is 0.214. The van der Waals surface area contributed by atoms with Crippen molar-refractivity contribution in [3.8, 4) is 0 Å². The lowest BCUT2D eigenvalue weighted by Gasteiger charge is -2.10. The van der Waals surface area contributed by atoms with Gasteiger partial charge in [-0.3, -0.25) is 0 Å². The minimum atomic E-state index is 0. The van der Waals surface area contributed by atoms with Crippen LogP contribution in [-0.2, 0) is 17.9 Å². The third-order valence-corrected chi connectivity index (χ3v) is 3.43. The summed E-state index contributed by atoms with van der Waals surface area (Å²) in [7, 11) is 1.67. The number of thiophene rings is 1. The number of hydrogen-bond acceptors (Lipinski definition) is 3. The molecule has 0 radical (unpaired) electrons. The van der Waals surface area contributed by atoms with Gasteiger partial charge in [-0.25, -0.2) is 4.99 Å². The van der Waals surface area contributed by atoms with Crippen LogP contribution >= 0.6 is 35.3 Å². The van der Waals surface area contributed by atoms with Crippen LogP contribution in [0.4, 0.5) is 5.69 Å². The number of anilines is 1. The van der Waals surface area contributed by atoms with Gasteiger partial charge in [0.25, 0.3) is 0 Å². The molecule has 20 heavy (non-hydrogen) atoms. The Hall–Kier alpha value is -1.12. The molecular weight excluding hydrogens is 385 g/mol. The number of methoxy groups -OCH3 is 1. The summed E-state index contributed by atoms with van der Waals surface area (Å²) in [4.78, 5) is 5.51. The minimum absolute atomic E-state index is 0. The Morgan fingerprint density at radius 1 is 1.30 bits per heavy atom. The fourth-order valence-corrected chi connectivity index (χ4v) is 2.29. The molecule has 0 saturated carbocycles. The lowest BCUT2D eigenvalue weighted by Crippen LogP contribution is -2.23. The Labute approximate surface area is 140 Å². The zero-order chi connectivity index (χ0) is 13.5. The van der Waals surface area contributed by atoms with Crippen molar-refractivity contribution in [2.24, 2.45) is 10.7 Å². The van der Waals surface area contributed by atoms with E-state index >= 15 is 0 Å². The molecule has 2 rings (SSSR count). The number of benzene rings is 1. The summed E-state index contributed by atoms with van der Waals surface area (Å²) in [6, 6.07) is 11.9. The number of halogens is 1. The number of para-hydroxylation sites is 1. The molecule has 1 heterocycles. The number of guanidine groups is 1. The highest BCUT2D eigenvalue weighted by Gasteiger charge is 2.02. The van der Waals surface area contributed by atoms with E-state index in [1.807, 2.05) is 41.8 Å². The maximum Gasteiger partial charge on any atom is 0.193 e. The highest BCUT2D eigenvalue weighted by molar-refractivity contribution is 14.0. The Balaban J connectivity index is 0.00000200. The van der Waals surface area contributed by atoms with Gasteiger partial charge in [0, 0.05) is 23.2 Å². The summed E-state index contributed by atoms with van der Waals surface area (Å²) in [6.07, 6.45) is 0. The summed E-state index contributed by atoms with van der Waals surface area (Å²) < 4.78 is 5.15. The molecule has 0 atom stereocenters. The average Bonchev–Trinajstić information content (AvgIpc) is 2.92. The molecule has 4 nitrogen and oxygen atoms in total. The number of rotatable bonds is 5. The topological polar surface area (TPSA) is 59.6 Å². The molecule has 1 aromatic carbocycles. The van der Waals surface area contributed by atoms with E-state index in [4.69, 9.17) is 10.5 Å². The first kappa shape index (κ1) is 16.9. The molecule has 2 aromatic rings. The van der Waals surface area contributed by atoms with Crippen LogP contribution in [0.5, 0.6) is 0 Å². The number of nitrogens with one attached hydrogen (secondary N) is 1. The minimum Gasteiger partial charge on any atom is -0.380 e. The van der Waals surface area contributed by atoms with Crippen molar-refractivity contribution in [2.75, 3.05) is 12.4 Å². The maximum atomic E-state index is 5.89. The van der Waals surface area contributed by atoms with Gasteiger partial charge < -0.3 is 15.8 Å². The zero-order valence-corrected chi connectivity index (χ0v) is 14.4. The van der Waals surface area contributed by atoms with E-state index < -0.39 is 0 Å². The molecule has 0 aliphatic heterocycles. The van der Waals surface area contributed by atoms with Gasteiger partial charge in [-0.2, -0.15) is 0 Å². The van der Waals surface area contributed by atoms with Crippen LogP contribution in [0.25, 0.3) is 0 Å². The molecule has 0 unspecified atom stereocenters. The van der Waals surface area contributed by atoms with Crippen LogP contribution in [0.2, 0.25) is 0 Å². The SMILES string of the molecule is COCc1ccccc1NC(N)=NCc1cccs1.I. The van der Waals surface area contributed by atoms with E-state index in [1.165, 1.54) is 4.88 Å². The number of hydrogen-bond donors (Lipinski definition) is 2. The van der Waals surface area contributed by atoms with Crippen LogP contribution in [0.15, 0.2) is 46.8 Å². The molecule has 0 aliphatic carbocycles. The quantitative estimate of drug-likeness (QED) is 0.457. The van der Waals surface area contributed by atoms with Gasteiger partial charge >= 0.3 is 0 Å². The van der Waals surface area contributed by atoms with Gasteiger partial charge in [0.2, 0.25) is 0 Å². The van der Waals surface area contributed by atoms with Gasteiger partial charge in [-0.1, -0.05) is 24.3 Å². The van der Waals surface area contributed by atoms with Crippen LogP contribution in [0, 0.1) is 0 Å². The molecule has 0 amide bonds. The van der Waals surface area contributed by atoms with Gasteiger partial charge in [0.1, 0.15) is 0 Å². The predicted molar refractivity (Wildman–Crippen MR) is 95.8 cm³/mol. The Kier molecular flexibility index (Phi) is 7.56. The highest BCUT2D eigenvalue weighted by Crippen LogP contribution is 2.15. The Morgan fingerprint density at radius 2 is 2.10 bits per heavy atom. The summed E-state index contributed by atoms with van der Waals surface area (Å²) >= 11 is 1.67. The monoisotopic (exact) mass is 403 g/mol. The van der Waals surface area contributed by atoms with Crippen molar-refractivity contribution < 1.29 is 4.74 Å². The number of aliphatic imine (C=N–C) groups is 1. The molecule has 1 aromatic heterocycles. The maximum absolute atomic E-state index is 5.89. The smallest absolute Gasteiger partial charge is 0.193 e. The van der Waals surface area contributed by atoms with Gasteiger partial charge in [0.05, 0.1) is 13.2 Å². The first-order valence-electron chi connectivity index (χ1n) is 5.96. The third-order valence-electron chi connectivity index (χ3n) is 2.57. The van der Waals surface area contributed by atoms with Crippen LogP contribution in [0.1, 0.15) is 10.4 Å². The Morgan fingerprint density at radius 3 is 2.80 bits per heavy atom. The first-order chi connectivity index (χ1) is 9.29. The van der Waals surface area contributed by atoms with Crippen molar-refractivity contribution in [1.29, 1.82) is 0 Å². The second-order valence-electron chi connectivity index (χ2n) is 4.00. The number of nitrogens with two attached hydrogens (primary N) is 1. The van der Waals surface area contributed by atoms with Crippen molar-refractivity contribution in [3.63, 3.8) is 0 Å². The van der Waals surface area contributed by atoms with Gasteiger partial charge in [0.15, 0.2) is 5.96 Å². The lowest BCUT2D eigenvalue weighted by molar-refractivity contribution is 0.185. The first-order valence-corrected chi connectivity index (χ1v) is 6.83. The van der Waals surface area contributed by atoms with Gasteiger partial charge in [-0.05, 0) is 17.5 Å². The number of ether oxygens (including phenoxy) is 1. The average molecular weight is 403 g/mol. The van der Waals surface area contributed by atoms with Crippen molar-refractivity contribution in [1.82, 2.24) is 0 Å². The fourth-order valence-electron chi connectivity index (χ4n) is 1.67. The largest absolute Gasteiger partial charge is 0.380 e. The normalized spacial score (nSPS) is 10.9. The summed E-state index contributed by atoms with van der Waals surface area (Å²) in [5, 5.41) is 5.14. The van der Waals surface area contributed by atoms with Crippen molar-refractivity contribution in [3.05, 3.63) is 52.2 Å². The van der Waals surface area contributed by atoms with E-state index in [0.717, 1.165) is 11.3 Å². The second-order valence-corrected chi connectivity index (χ2v) is 5.03. The lowest BCUT2D eigenvalue weighted by atomic mass is 10.2. The standard InChI is InChI=1S/C14H17N3OS.HI/c1-18-10-11-5-2-3-7-13(11)17-14(15)16-9-12-6-4-8-19-12;/h2-8H,9-10H2,1H3,(H3,15,16,17);1H. The molecular formula is C14H18IN3OS. The number of nitrogens with zero attached hydrogens (tertiary/aromatic N) is 1. The highest BCUT2D eigenvalue weighted by atomic mass is 127. The van der Waals surface area contributed by atoms with Crippen LogP contribution in [-0.4, -0.2) is 13.1 Å². The molecule has 0 bridgehead atoms. The summed E-state index contributed by atoms with van der Waals surface area (Å²) in [5.41, 5.74) is 7.87. The summed E-state index contributed by atoms with van der Waals surface area (Å²) in [6.45, 7) is 1.14. The van der Waals surface area contributed by atoms with Gasteiger partial charge in [-0.15, -0.1) is 35.3 Å². The molecule has 6 heteroatoms. The Bertz CT molecular complexity index is 543. The van der Waals surface area contributed by atoms with E-state index in [1.54, 1.807) is 18.4 Å². The van der Waals surface area contributed by atoms with E-state index in [2.05, 4.69) is 10.3 Å². The van der Waals surface area contributed by atoms with E-state index in [0.29, 0.717) is 19.1 Å². The zero-order valence-electron chi connectivity index (χ0n) is 11.2. The third kappa shape index (κ3) is 5.10. The molecule has 0 saturated heterocycles. The van der Waals surface area contributed by atoms with E-state index in [9.17, 15) is 0 Å². The van der Waals surface area contributed by atoms with Crippen LogP contribution < -0.4 is 11.1 Å². The second kappa shape index (κ2) is 8.93. The van der Waals surface area contributed by atoms with E-state index in [-0.39, 0.29) is 24.0 Å². The van der Waals surface area contributed by atoms with Crippen molar-refractivity contribution >= 4 is 47.0 Å². The van der Waals surface area contributed by atoms with Crippen molar-refractivity contribution in [2.45, 2.75) is 13.2 Å². The summed E-state index contributed by atoms with van der Waals surface area (Å²) in [5.74, 6) is 0.414. The molecule has 0 spiro atoms. The molecule has 0 aliphatic rings. The predicted octanol–water partition coefficient (Wildman–Crippen LogP) is 3.44.